The van der Waals surface area contributed by atoms with Gasteiger partial charge in [-0.15, -0.1) is 5.10 Å². The van der Waals surface area contributed by atoms with E-state index in [1.807, 2.05) is 12.3 Å². The Bertz CT molecular complexity index is 776. The predicted octanol–water partition coefficient (Wildman–Crippen LogP) is 1.73. The van der Waals surface area contributed by atoms with E-state index in [0.29, 0.717) is 0 Å². The number of aromatic nitrogens is 4. The summed E-state index contributed by atoms with van der Waals surface area (Å²) in [5, 5.41) is 8.88. The van der Waals surface area contributed by atoms with Crippen LogP contribution in [0.2, 0.25) is 0 Å². The summed E-state index contributed by atoms with van der Waals surface area (Å²) in [5.41, 5.74) is 1.04. The van der Waals surface area contributed by atoms with E-state index in [2.05, 4.69) is 62.8 Å². The SMILES string of the molecule is CC(C)(C)c1ccc(N2CCN(c3ccnc(N4CCOCC4)n3)CC2)nn1. The molecule has 0 unspecified atom stereocenters. The van der Waals surface area contributed by atoms with Gasteiger partial charge in [-0.2, -0.15) is 10.1 Å². The number of anilines is 3. The molecular weight excluding hydrogens is 354 g/mol. The largest absolute Gasteiger partial charge is 0.378 e. The zero-order chi connectivity index (χ0) is 19.6. The van der Waals surface area contributed by atoms with Crippen LogP contribution in [0.3, 0.4) is 0 Å². The highest BCUT2D eigenvalue weighted by molar-refractivity contribution is 5.47. The second kappa shape index (κ2) is 7.87. The van der Waals surface area contributed by atoms with Crippen molar-refractivity contribution in [2.24, 2.45) is 0 Å². The smallest absolute Gasteiger partial charge is 0.227 e. The third kappa shape index (κ3) is 4.16. The maximum atomic E-state index is 5.42. The fourth-order valence-electron chi connectivity index (χ4n) is 3.49. The third-order valence-corrected chi connectivity index (χ3v) is 5.27. The minimum Gasteiger partial charge on any atom is -0.378 e. The number of piperazine rings is 1. The predicted molar refractivity (Wildman–Crippen MR) is 110 cm³/mol. The lowest BCUT2D eigenvalue weighted by atomic mass is 9.92. The summed E-state index contributed by atoms with van der Waals surface area (Å²) in [4.78, 5) is 16.0. The van der Waals surface area contributed by atoms with Gasteiger partial charge in [0, 0.05) is 50.9 Å². The van der Waals surface area contributed by atoms with Crippen LogP contribution >= 0.6 is 0 Å². The Balaban J connectivity index is 1.39. The minimum absolute atomic E-state index is 0.0232. The molecule has 0 atom stereocenters. The molecule has 8 nitrogen and oxygen atoms in total. The Labute approximate surface area is 166 Å². The van der Waals surface area contributed by atoms with Crippen LogP contribution in [0.15, 0.2) is 24.4 Å². The van der Waals surface area contributed by atoms with Crippen LogP contribution in [0.25, 0.3) is 0 Å². The molecule has 0 spiro atoms. The minimum atomic E-state index is 0.0232. The van der Waals surface area contributed by atoms with Crippen molar-refractivity contribution in [1.29, 1.82) is 0 Å². The topological polar surface area (TPSA) is 70.5 Å². The van der Waals surface area contributed by atoms with E-state index in [1.165, 1.54) is 0 Å². The highest BCUT2D eigenvalue weighted by Gasteiger charge is 2.22. The van der Waals surface area contributed by atoms with Gasteiger partial charge in [-0.25, -0.2) is 4.98 Å². The van der Waals surface area contributed by atoms with E-state index in [-0.39, 0.29) is 5.41 Å². The average molecular weight is 384 g/mol. The molecular formula is C20H29N7O. The first-order valence-electron chi connectivity index (χ1n) is 10.0. The van der Waals surface area contributed by atoms with E-state index in [4.69, 9.17) is 9.72 Å². The van der Waals surface area contributed by atoms with Crippen LogP contribution in [-0.4, -0.2) is 72.6 Å². The molecule has 2 saturated heterocycles. The Hall–Kier alpha value is -2.48. The normalized spacial score (nSPS) is 18.5. The van der Waals surface area contributed by atoms with Crippen molar-refractivity contribution < 1.29 is 4.74 Å². The van der Waals surface area contributed by atoms with Crippen molar-refractivity contribution in [1.82, 2.24) is 20.2 Å². The molecule has 2 aromatic heterocycles. The standard InChI is InChI=1S/C20H29N7O/c1-20(2,3)16-4-5-18(24-23-16)26-10-8-25(9-11-26)17-6-7-21-19(22-17)27-12-14-28-15-13-27/h4-7H,8-15H2,1-3H3. The average Bonchev–Trinajstić information content (AvgIpc) is 2.74. The summed E-state index contributed by atoms with van der Waals surface area (Å²) in [6, 6.07) is 6.18. The molecule has 8 heteroatoms. The van der Waals surface area contributed by atoms with Gasteiger partial charge in [0.05, 0.1) is 18.9 Å². The summed E-state index contributed by atoms with van der Waals surface area (Å²) in [6.07, 6.45) is 1.86. The van der Waals surface area contributed by atoms with Crippen LogP contribution in [-0.2, 0) is 10.2 Å². The van der Waals surface area contributed by atoms with E-state index >= 15 is 0 Å². The van der Waals surface area contributed by atoms with E-state index in [0.717, 1.165) is 75.8 Å². The molecule has 4 heterocycles. The van der Waals surface area contributed by atoms with Gasteiger partial charge >= 0.3 is 0 Å². The number of hydrogen-bond acceptors (Lipinski definition) is 8. The fraction of sp³-hybridized carbons (Fsp3) is 0.600. The highest BCUT2D eigenvalue weighted by Crippen LogP contribution is 2.22. The van der Waals surface area contributed by atoms with Gasteiger partial charge in [0.15, 0.2) is 5.82 Å². The summed E-state index contributed by atoms with van der Waals surface area (Å²) in [7, 11) is 0. The van der Waals surface area contributed by atoms with Crippen molar-refractivity contribution in [3.05, 3.63) is 30.1 Å². The molecule has 2 aromatic rings. The Morgan fingerprint density at radius 3 is 2.07 bits per heavy atom. The molecule has 2 fully saturated rings. The quantitative estimate of drug-likeness (QED) is 0.794. The zero-order valence-electron chi connectivity index (χ0n) is 17.0. The molecule has 0 N–H and O–H groups in total. The lowest BCUT2D eigenvalue weighted by Gasteiger charge is -2.36. The molecule has 2 aliphatic heterocycles. The van der Waals surface area contributed by atoms with Gasteiger partial charge in [0.1, 0.15) is 5.82 Å². The molecule has 4 rings (SSSR count). The van der Waals surface area contributed by atoms with Gasteiger partial charge in [0.2, 0.25) is 5.95 Å². The Morgan fingerprint density at radius 1 is 0.786 bits per heavy atom. The van der Waals surface area contributed by atoms with E-state index < -0.39 is 0 Å². The van der Waals surface area contributed by atoms with Crippen LogP contribution in [0, 0.1) is 0 Å². The monoisotopic (exact) mass is 383 g/mol. The second-order valence-electron chi connectivity index (χ2n) is 8.32. The maximum Gasteiger partial charge on any atom is 0.227 e. The second-order valence-corrected chi connectivity index (χ2v) is 8.32. The molecule has 28 heavy (non-hydrogen) atoms. The molecule has 0 aromatic carbocycles. The molecule has 0 radical (unpaired) electrons. The first-order chi connectivity index (χ1) is 13.5. The van der Waals surface area contributed by atoms with Gasteiger partial charge < -0.3 is 19.4 Å². The lowest BCUT2D eigenvalue weighted by Crippen LogP contribution is -2.47. The maximum absolute atomic E-state index is 5.42. The summed E-state index contributed by atoms with van der Waals surface area (Å²) in [6.45, 7) is 13.3. The van der Waals surface area contributed by atoms with Crippen molar-refractivity contribution in [2.45, 2.75) is 26.2 Å². The number of ether oxygens (including phenoxy) is 1. The number of rotatable bonds is 3. The van der Waals surface area contributed by atoms with Gasteiger partial charge in [-0.05, 0) is 18.2 Å². The molecule has 0 bridgehead atoms. The Kier molecular flexibility index (Phi) is 5.30. The van der Waals surface area contributed by atoms with Crippen LogP contribution < -0.4 is 14.7 Å². The van der Waals surface area contributed by atoms with Gasteiger partial charge in [-0.3, -0.25) is 0 Å². The number of hydrogen-bond donors (Lipinski definition) is 0. The van der Waals surface area contributed by atoms with Crippen molar-refractivity contribution in [2.75, 3.05) is 67.2 Å². The fourth-order valence-corrected chi connectivity index (χ4v) is 3.49. The molecule has 150 valence electrons. The van der Waals surface area contributed by atoms with Crippen LogP contribution in [0.1, 0.15) is 26.5 Å². The van der Waals surface area contributed by atoms with Crippen molar-refractivity contribution in [3.8, 4) is 0 Å². The number of morpholine rings is 1. The van der Waals surface area contributed by atoms with Crippen LogP contribution in [0.5, 0.6) is 0 Å². The molecule has 2 aliphatic rings. The molecule has 0 saturated carbocycles. The summed E-state index contributed by atoms with van der Waals surface area (Å²) < 4.78 is 5.42. The van der Waals surface area contributed by atoms with E-state index in [1.54, 1.807) is 0 Å². The lowest BCUT2D eigenvalue weighted by molar-refractivity contribution is 0.122. The van der Waals surface area contributed by atoms with E-state index in [9.17, 15) is 0 Å². The molecule has 0 aliphatic carbocycles. The summed E-state index contributed by atoms with van der Waals surface area (Å²) in [5.74, 6) is 2.74. The summed E-state index contributed by atoms with van der Waals surface area (Å²) >= 11 is 0. The van der Waals surface area contributed by atoms with Crippen molar-refractivity contribution >= 4 is 17.6 Å². The number of nitrogens with zero attached hydrogens (tertiary/aromatic N) is 7. The highest BCUT2D eigenvalue weighted by atomic mass is 16.5. The molecule has 0 amide bonds. The zero-order valence-corrected chi connectivity index (χ0v) is 17.0. The van der Waals surface area contributed by atoms with Gasteiger partial charge in [0.25, 0.3) is 0 Å². The van der Waals surface area contributed by atoms with Crippen molar-refractivity contribution in [3.63, 3.8) is 0 Å². The first kappa shape index (κ1) is 18.9. The van der Waals surface area contributed by atoms with Crippen LogP contribution in [0.4, 0.5) is 17.6 Å². The Morgan fingerprint density at radius 2 is 1.46 bits per heavy atom. The third-order valence-electron chi connectivity index (χ3n) is 5.27. The van der Waals surface area contributed by atoms with Gasteiger partial charge in [-0.1, -0.05) is 20.8 Å². The first-order valence-corrected chi connectivity index (χ1v) is 10.0.